The Morgan fingerprint density at radius 2 is 1.77 bits per heavy atom. The van der Waals surface area contributed by atoms with E-state index in [1.165, 1.54) is 7.11 Å². The van der Waals surface area contributed by atoms with Crippen molar-refractivity contribution in [1.82, 2.24) is 10.2 Å². The average molecular weight is 417 g/mol. The number of esters is 1. The molecule has 3 rings (SSSR count). The summed E-state index contributed by atoms with van der Waals surface area (Å²) in [5, 5.41) is 3.04. The summed E-state index contributed by atoms with van der Waals surface area (Å²) in [7, 11) is 1.34. The zero-order valence-corrected chi connectivity index (χ0v) is 18.5. The fourth-order valence-electron chi connectivity index (χ4n) is 3.96. The third-order valence-electron chi connectivity index (χ3n) is 5.96. The summed E-state index contributed by atoms with van der Waals surface area (Å²) in [6.45, 7) is 7.90. The molecule has 1 spiro atoms. The molecule has 2 fully saturated rings. The Bertz CT molecular complexity index is 808. The molecule has 1 saturated carbocycles. The Balaban J connectivity index is 1.70. The number of hydrogen-bond acceptors (Lipinski definition) is 5. The topological polar surface area (TPSA) is 84.9 Å². The van der Waals surface area contributed by atoms with Gasteiger partial charge in [-0.2, -0.15) is 0 Å². The molecule has 1 N–H and O–H groups in total. The highest BCUT2D eigenvalue weighted by atomic mass is 16.6. The van der Waals surface area contributed by atoms with Gasteiger partial charge in [0.2, 0.25) is 5.91 Å². The van der Waals surface area contributed by atoms with Crippen molar-refractivity contribution in [3.63, 3.8) is 0 Å². The molecule has 1 aromatic carbocycles. The third-order valence-corrected chi connectivity index (χ3v) is 5.96. The van der Waals surface area contributed by atoms with Gasteiger partial charge in [0.1, 0.15) is 11.6 Å². The predicted molar refractivity (Wildman–Crippen MR) is 112 cm³/mol. The summed E-state index contributed by atoms with van der Waals surface area (Å²) in [5.41, 5.74) is 0.920. The number of amides is 2. The molecule has 1 aliphatic carbocycles. The number of nitrogens with zero attached hydrogens (tertiary/aromatic N) is 1. The molecule has 30 heavy (non-hydrogen) atoms. The first-order chi connectivity index (χ1) is 14.0. The minimum atomic E-state index is -0.610. The van der Waals surface area contributed by atoms with Crippen molar-refractivity contribution in [3.8, 4) is 0 Å². The Hall–Kier alpha value is -2.57. The first-order valence-corrected chi connectivity index (χ1v) is 10.5. The average Bonchev–Trinajstić information content (AvgIpc) is 3.44. The summed E-state index contributed by atoms with van der Waals surface area (Å²) in [4.78, 5) is 39.1. The van der Waals surface area contributed by atoms with Crippen LogP contribution in [0.2, 0.25) is 0 Å². The van der Waals surface area contributed by atoms with Crippen molar-refractivity contribution >= 4 is 18.0 Å². The van der Waals surface area contributed by atoms with Crippen LogP contribution < -0.4 is 5.32 Å². The lowest BCUT2D eigenvalue weighted by molar-refractivity contribution is -0.129. The molecular weight excluding hydrogens is 384 g/mol. The maximum Gasteiger partial charge on any atom is 0.410 e. The van der Waals surface area contributed by atoms with Gasteiger partial charge in [0.15, 0.2) is 0 Å². The van der Waals surface area contributed by atoms with Gasteiger partial charge in [-0.15, -0.1) is 0 Å². The molecule has 1 heterocycles. The normalized spacial score (nSPS) is 21.0. The highest BCUT2D eigenvalue weighted by Crippen LogP contribution is 2.55. The molecule has 2 amide bonds. The summed E-state index contributed by atoms with van der Waals surface area (Å²) < 4.78 is 10.3. The van der Waals surface area contributed by atoms with E-state index in [0.29, 0.717) is 18.5 Å². The Morgan fingerprint density at radius 3 is 2.30 bits per heavy atom. The van der Waals surface area contributed by atoms with E-state index >= 15 is 0 Å². The van der Waals surface area contributed by atoms with Crippen LogP contribution in [0.15, 0.2) is 24.3 Å². The molecule has 0 aromatic heterocycles. The fourth-order valence-corrected chi connectivity index (χ4v) is 3.96. The van der Waals surface area contributed by atoms with Gasteiger partial charge in [-0.3, -0.25) is 9.69 Å². The first-order valence-electron chi connectivity index (χ1n) is 10.5. The van der Waals surface area contributed by atoms with Crippen molar-refractivity contribution in [2.75, 3.05) is 13.7 Å². The summed E-state index contributed by atoms with van der Waals surface area (Å²) in [6, 6.07) is 6.15. The zero-order chi connectivity index (χ0) is 22.1. The molecule has 164 valence electrons. The number of methoxy groups -OCH3 is 1. The summed E-state index contributed by atoms with van der Waals surface area (Å²) in [6.07, 6.45) is 3.38. The van der Waals surface area contributed by atoms with Crippen LogP contribution in [0.25, 0.3) is 0 Å². The molecule has 2 atom stereocenters. The number of likely N-dealkylation sites (tertiary alicyclic amines) is 1. The van der Waals surface area contributed by atoms with Crippen LogP contribution in [0.3, 0.4) is 0 Å². The van der Waals surface area contributed by atoms with Gasteiger partial charge in [0.25, 0.3) is 0 Å². The van der Waals surface area contributed by atoms with Gasteiger partial charge in [-0.25, -0.2) is 9.59 Å². The molecule has 1 aromatic rings. The predicted octanol–water partition coefficient (Wildman–Crippen LogP) is 3.83. The van der Waals surface area contributed by atoms with Crippen LogP contribution in [0.4, 0.5) is 4.79 Å². The van der Waals surface area contributed by atoms with Crippen LogP contribution >= 0.6 is 0 Å². The largest absolute Gasteiger partial charge is 0.465 e. The van der Waals surface area contributed by atoms with Crippen molar-refractivity contribution in [3.05, 3.63) is 35.4 Å². The first kappa shape index (κ1) is 22.1. The van der Waals surface area contributed by atoms with Crippen LogP contribution in [0.1, 0.15) is 75.3 Å². The number of carbonyl (C=O) groups is 3. The maximum atomic E-state index is 13.2. The van der Waals surface area contributed by atoms with E-state index in [9.17, 15) is 14.4 Å². The number of piperidine rings is 1. The lowest BCUT2D eigenvalue weighted by Crippen LogP contribution is -2.55. The zero-order valence-electron chi connectivity index (χ0n) is 18.5. The van der Waals surface area contributed by atoms with E-state index in [0.717, 1.165) is 24.8 Å². The van der Waals surface area contributed by atoms with Crippen molar-refractivity contribution in [1.29, 1.82) is 0 Å². The van der Waals surface area contributed by atoms with Gasteiger partial charge < -0.3 is 14.8 Å². The monoisotopic (exact) mass is 416 g/mol. The van der Waals surface area contributed by atoms with E-state index in [-0.39, 0.29) is 17.4 Å². The van der Waals surface area contributed by atoms with E-state index < -0.39 is 23.7 Å². The Morgan fingerprint density at radius 1 is 1.13 bits per heavy atom. The second kappa shape index (κ2) is 8.28. The molecule has 0 bridgehead atoms. The maximum absolute atomic E-state index is 13.2. The smallest absolute Gasteiger partial charge is 0.410 e. The molecule has 0 radical (unpaired) electrons. The molecule has 7 heteroatoms. The van der Waals surface area contributed by atoms with E-state index in [1.807, 2.05) is 27.7 Å². The number of rotatable bonds is 4. The number of carbonyl (C=O) groups excluding carboxylic acids is 3. The number of ether oxygens (including phenoxy) is 2. The highest BCUT2D eigenvalue weighted by Gasteiger charge is 2.51. The second-order valence-electron chi connectivity index (χ2n) is 9.49. The summed E-state index contributed by atoms with van der Waals surface area (Å²) >= 11 is 0. The van der Waals surface area contributed by atoms with Crippen molar-refractivity contribution < 1.29 is 23.9 Å². The third kappa shape index (κ3) is 5.12. The molecule has 7 nitrogen and oxygen atoms in total. The van der Waals surface area contributed by atoms with Crippen LogP contribution in [-0.2, 0) is 14.3 Å². The number of benzene rings is 1. The van der Waals surface area contributed by atoms with E-state index in [2.05, 4.69) is 5.32 Å². The van der Waals surface area contributed by atoms with Gasteiger partial charge in [-0.05, 0) is 76.5 Å². The van der Waals surface area contributed by atoms with Crippen molar-refractivity contribution in [2.45, 2.75) is 71.1 Å². The Kier molecular flexibility index (Phi) is 6.11. The van der Waals surface area contributed by atoms with Crippen LogP contribution in [-0.4, -0.2) is 48.2 Å². The minimum Gasteiger partial charge on any atom is -0.465 e. The lowest BCUT2D eigenvalue weighted by atomic mass is 9.87. The van der Waals surface area contributed by atoms with Gasteiger partial charge in [-0.1, -0.05) is 12.1 Å². The SMILES string of the molecule is COC(=O)c1ccc(C(C)NC(=O)C2CC3(CCN2C(=O)OC(C)(C)C)CC3)cc1. The second-order valence-corrected chi connectivity index (χ2v) is 9.49. The van der Waals surface area contributed by atoms with E-state index in [4.69, 9.17) is 9.47 Å². The molecule has 1 aliphatic heterocycles. The molecule has 2 unspecified atom stereocenters. The minimum absolute atomic E-state index is 0.170. The standard InChI is InChI=1S/C23H32N2O5/c1-15(16-6-8-17(9-7-16)20(27)29-5)24-19(26)18-14-23(10-11-23)12-13-25(18)21(28)30-22(2,3)4/h6-9,15,18H,10-14H2,1-5H3,(H,24,26). The van der Waals surface area contributed by atoms with Crippen LogP contribution in [0, 0.1) is 5.41 Å². The molecule has 1 saturated heterocycles. The fraction of sp³-hybridized carbons (Fsp3) is 0.609. The Labute approximate surface area is 178 Å². The number of nitrogens with one attached hydrogen (secondary N) is 1. The molecular formula is C23H32N2O5. The van der Waals surface area contributed by atoms with E-state index in [1.54, 1.807) is 29.2 Å². The van der Waals surface area contributed by atoms with Crippen molar-refractivity contribution in [2.24, 2.45) is 5.41 Å². The summed E-state index contributed by atoms with van der Waals surface area (Å²) in [5.74, 6) is -0.570. The highest BCUT2D eigenvalue weighted by molar-refractivity contribution is 5.89. The quantitative estimate of drug-likeness (QED) is 0.754. The molecule has 2 aliphatic rings. The number of hydrogen-bond donors (Lipinski definition) is 1. The van der Waals surface area contributed by atoms with Gasteiger partial charge in [0.05, 0.1) is 18.7 Å². The van der Waals surface area contributed by atoms with Crippen LogP contribution in [0.5, 0.6) is 0 Å². The lowest BCUT2D eigenvalue weighted by Gasteiger charge is -2.39. The van der Waals surface area contributed by atoms with Gasteiger partial charge >= 0.3 is 12.1 Å². The van der Waals surface area contributed by atoms with Gasteiger partial charge in [0, 0.05) is 6.54 Å².